The molecule has 1 saturated heterocycles. The van der Waals surface area contributed by atoms with Gasteiger partial charge in [-0.25, -0.2) is 0 Å². The Morgan fingerprint density at radius 3 is 2.89 bits per heavy atom. The average molecular weight is 263 g/mol. The first-order valence-corrected chi connectivity index (χ1v) is 6.67. The first kappa shape index (κ1) is 14.0. The van der Waals surface area contributed by atoms with Crippen molar-refractivity contribution in [2.24, 2.45) is 11.7 Å². The zero-order valence-electron chi connectivity index (χ0n) is 11.3. The highest BCUT2D eigenvalue weighted by atomic mass is 16.5. The summed E-state index contributed by atoms with van der Waals surface area (Å²) in [5.74, 6) is -0.0206. The van der Waals surface area contributed by atoms with Crippen LogP contribution in [0.5, 0.6) is 0 Å². The average Bonchev–Trinajstić information content (AvgIpc) is 2.48. The summed E-state index contributed by atoms with van der Waals surface area (Å²) in [6.45, 7) is 3.15. The number of piperidine rings is 1. The van der Waals surface area contributed by atoms with Crippen LogP contribution >= 0.6 is 0 Å². The van der Waals surface area contributed by atoms with Crippen LogP contribution in [0.25, 0.3) is 0 Å². The third kappa shape index (κ3) is 3.52. The number of esters is 1. The van der Waals surface area contributed by atoms with E-state index in [0.29, 0.717) is 6.54 Å². The van der Waals surface area contributed by atoms with E-state index in [9.17, 15) is 4.79 Å². The highest BCUT2D eigenvalue weighted by Gasteiger charge is 2.25. The van der Waals surface area contributed by atoms with Crippen molar-refractivity contribution < 1.29 is 9.53 Å². The largest absolute Gasteiger partial charge is 0.469 e. The van der Waals surface area contributed by atoms with Crippen molar-refractivity contribution in [1.29, 1.82) is 0 Å². The van der Waals surface area contributed by atoms with E-state index in [2.05, 4.69) is 16.0 Å². The molecule has 0 radical (unpaired) electrons. The summed E-state index contributed by atoms with van der Waals surface area (Å²) < 4.78 is 4.80. The predicted molar refractivity (Wildman–Crippen MR) is 72.1 cm³/mol. The number of nitrogens with two attached hydrogens (primary N) is 1. The molecule has 2 N–H and O–H groups in total. The number of rotatable bonds is 4. The van der Waals surface area contributed by atoms with Gasteiger partial charge in [-0.15, -0.1) is 0 Å². The summed E-state index contributed by atoms with van der Waals surface area (Å²) in [6.07, 6.45) is 3.50. The zero-order chi connectivity index (χ0) is 13.7. The molecule has 0 atom stereocenters. The molecule has 0 aliphatic carbocycles. The number of aromatic nitrogens is 1. The second-order valence-corrected chi connectivity index (χ2v) is 4.89. The number of carbonyl (C=O) groups excluding carboxylic acids is 1. The molecule has 1 aliphatic heterocycles. The van der Waals surface area contributed by atoms with Crippen LogP contribution in [0.4, 0.5) is 0 Å². The van der Waals surface area contributed by atoms with E-state index in [-0.39, 0.29) is 11.9 Å². The Balaban J connectivity index is 1.90. The predicted octanol–water partition coefficient (Wildman–Crippen LogP) is 0.925. The van der Waals surface area contributed by atoms with Gasteiger partial charge in [0.2, 0.25) is 0 Å². The molecule has 0 unspecified atom stereocenters. The van der Waals surface area contributed by atoms with Gasteiger partial charge in [0.25, 0.3) is 0 Å². The van der Waals surface area contributed by atoms with Gasteiger partial charge < -0.3 is 10.5 Å². The molecule has 0 spiro atoms. The van der Waals surface area contributed by atoms with Crippen molar-refractivity contribution in [2.45, 2.75) is 25.9 Å². The Bertz CT molecular complexity index is 428. The van der Waals surface area contributed by atoms with Crippen LogP contribution in [0.1, 0.15) is 24.1 Å². The molecule has 2 rings (SSSR count). The Labute approximate surface area is 113 Å². The van der Waals surface area contributed by atoms with Crippen molar-refractivity contribution in [2.75, 3.05) is 20.2 Å². The minimum absolute atomic E-state index is 0.0594. The van der Waals surface area contributed by atoms with Gasteiger partial charge in [0, 0.05) is 19.3 Å². The van der Waals surface area contributed by atoms with Crippen LogP contribution in [-0.2, 0) is 22.6 Å². The van der Waals surface area contributed by atoms with E-state index in [1.165, 1.54) is 12.7 Å². The molecule has 1 aromatic rings. The molecule has 0 bridgehead atoms. The fourth-order valence-electron chi connectivity index (χ4n) is 2.53. The Hall–Kier alpha value is -1.46. The van der Waals surface area contributed by atoms with Gasteiger partial charge >= 0.3 is 5.97 Å². The molecule has 1 aromatic heterocycles. The number of carbonyl (C=O) groups is 1. The molecule has 5 nitrogen and oxygen atoms in total. The SMILES string of the molecule is COC(=O)C1CCN(Cc2cccnc2CN)CC1. The minimum atomic E-state index is -0.0799. The first-order chi connectivity index (χ1) is 9.24. The Morgan fingerprint density at radius 1 is 1.53 bits per heavy atom. The molecule has 1 aliphatic rings. The fraction of sp³-hybridized carbons (Fsp3) is 0.571. The van der Waals surface area contributed by atoms with Crippen LogP contribution in [0.15, 0.2) is 18.3 Å². The minimum Gasteiger partial charge on any atom is -0.469 e. The molecule has 0 aromatic carbocycles. The molecule has 2 heterocycles. The van der Waals surface area contributed by atoms with Gasteiger partial charge in [0.15, 0.2) is 0 Å². The van der Waals surface area contributed by atoms with Gasteiger partial charge in [0.1, 0.15) is 0 Å². The lowest BCUT2D eigenvalue weighted by atomic mass is 9.96. The van der Waals surface area contributed by atoms with E-state index < -0.39 is 0 Å². The quantitative estimate of drug-likeness (QED) is 0.818. The van der Waals surface area contributed by atoms with Crippen LogP contribution in [-0.4, -0.2) is 36.1 Å². The topological polar surface area (TPSA) is 68.5 Å². The van der Waals surface area contributed by atoms with E-state index in [1.807, 2.05) is 6.07 Å². The second kappa shape index (κ2) is 6.63. The lowest BCUT2D eigenvalue weighted by Crippen LogP contribution is -2.36. The third-order valence-corrected chi connectivity index (χ3v) is 3.69. The maximum Gasteiger partial charge on any atom is 0.308 e. The van der Waals surface area contributed by atoms with Crippen molar-refractivity contribution in [3.05, 3.63) is 29.6 Å². The summed E-state index contributed by atoms with van der Waals surface area (Å²) in [5, 5.41) is 0. The van der Waals surface area contributed by atoms with Crippen molar-refractivity contribution in [3.8, 4) is 0 Å². The van der Waals surface area contributed by atoms with E-state index in [1.54, 1.807) is 6.20 Å². The Morgan fingerprint density at radius 2 is 2.26 bits per heavy atom. The van der Waals surface area contributed by atoms with Gasteiger partial charge in [0.05, 0.1) is 18.7 Å². The Kier molecular flexibility index (Phi) is 4.87. The first-order valence-electron chi connectivity index (χ1n) is 6.67. The highest BCUT2D eigenvalue weighted by Crippen LogP contribution is 2.20. The number of hydrogen-bond donors (Lipinski definition) is 1. The molecule has 1 fully saturated rings. The summed E-state index contributed by atoms with van der Waals surface area (Å²) in [4.78, 5) is 18.1. The smallest absolute Gasteiger partial charge is 0.308 e. The number of nitrogens with zero attached hydrogens (tertiary/aromatic N) is 2. The number of pyridine rings is 1. The van der Waals surface area contributed by atoms with Gasteiger partial charge in [-0.2, -0.15) is 0 Å². The maximum absolute atomic E-state index is 11.5. The normalized spacial score (nSPS) is 17.4. The second-order valence-electron chi connectivity index (χ2n) is 4.89. The van der Waals surface area contributed by atoms with Crippen molar-refractivity contribution in [3.63, 3.8) is 0 Å². The molecule has 0 amide bonds. The summed E-state index contributed by atoms with van der Waals surface area (Å²) in [7, 11) is 1.46. The maximum atomic E-state index is 11.5. The molecular weight excluding hydrogens is 242 g/mol. The van der Waals surface area contributed by atoms with E-state index in [4.69, 9.17) is 10.5 Å². The number of methoxy groups -OCH3 is 1. The zero-order valence-corrected chi connectivity index (χ0v) is 11.3. The van der Waals surface area contributed by atoms with E-state index >= 15 is 0 Å². The lowest BCUT2D eigenvalue weighted by Gasteiger charge is -2.30. The standard InChI is InChI=1S/C14H21N3O2/c1-19-14(18)11-4-7-17(8-5-11)10-12-3-2-6-16-13(12)9-15/h2-3,6,11H,4-5,7-10,15H2,1H3. The fourth-order valence-corrected chi connectivity index (χ4v) is 2.53. The molecule has 5 heteroatoms. The van der Waals surface area contributed by atoms with Gasteiger partial charge in [-0.05, 0) is 37.6 Å². The third-order valence-electron chi connectivity index (χ3n) is 3.69. The molecule has 19 heavy (non-hydrogen) atoms. The van der Waals surface area contributed by atoms with Crippen LogP contribution in [0.2, 0.25) is 0 Å². The molecule has 0 saturated carbocycles. The number of ether oxygens (including phenoxy) is 1. The molecule has 104 valence electrons. The van der Waals surface area contributed by atoms with E-state index in [0.717, 1.165) is 38.2 Å². The summed E-state index contributed by atoms with van der Waals surface area (Å²) in [6, 6.07) is 4.01. The van der Waals surface area contributed by atoms with Crippen LogP contribution < -0.4 is 5.73 Å². The molecular formula is C14H21N3O2. The van der Waals surface area contributed by atoms with Crippen molar-refractivity contribution in [1.82, 2.24) is 9.88 Å². The summed E-state index contributed by atoms with van der Waals surface area (Å²) in [5.41, 5.74) is 7.83. The van der Waals surface area contributed by atoms with Gasteiger partial charge in [-0.1, -0.05) is 6.07 Å². The summed E-state index contributed by atoms with van der Waals surface area (Å²) >= 11 is 0. The number of hydrogen-bond acceptors (Lipinski definition) is 5. The monoisotopic (exact) mass is 263 g/mol. The van der Waals surface area contributed by atoms with Crippen molar-refractivity contribution >= 4 is 5.97 Å². The number of likely N-dealkylation sites (tertiary alicyclic amines) is 1. The highest BCUT2D eigenvalue weighted by molar-refractivity contribution is 5.72. The van der Waals surface area contributed by atoms with Gasteiger partial charge in [-0.3, -0.25) is 14.7 Å². The van der Waals surface area contributed by atoms with Crippen LogP contribution in [0.3, 0.4) is 0 Å². The lowest BCUT2D eigenvalue weighted by molar-refractivity contribution is -0.147. The van der Waals surface area contributed by atoms with Crippen LogP contribution in [0, 0.1) is 5.92 Å².